The van der Waals surface area contributed by atoms with E-state index in [-0.39, 0.29) is 5.60 Å². The van der Waals surface area contributed by atoms with Gasteiger partial charge in [-0.3, -0.25) is 0 Å². The van der Waals surface area contributed by atoms with Gasteiger partial charge in [0.05, 0.1) is 11.7 Å². The first-order valence-corrected chi connectivity index (χ1v) is 11.3. The number of carbonyl (C=O) groups is 4. The van der Waals surface area contributed by atoms with Crippen LogP contribution < -0.4 is 0 Å². The van der Waals surface area contributed by atoms with Crippen LogP contribution in [-0.2, 0) is 23.9 Å². The summed E-state index contributed by atoms with van der Waals surface area (Å²) in [5.41, 5.74) is 0.217. The molecule has 1 spiro atoms. The number of thioether (sulfide) groups is 2. The number of hydrogen-bond acceptors (Lipinski definition) is 8. The van der Waals surface area contributed by atoms with Gasteiger partial charge in [0.25, 0.3) is 0 Å². The zero-order chi connectivity index (χ0) is 22.9. The van der Waals surface area contributed by atoms with Gasteiger partial charge in [0.2, 0.25) is 0 Å². The molecular weight excluding hydrogens is 438 g/mol. The molecule has 0 aromatic heterocycles. The molecule has 0 aromatic rings. The van der Waals surface area contributed by atoms with E-state index >= 15 is 0 Å². The van der Waals surface area contributed by atoms with Crippen molar-refractivity contribution in [3.8, 4) is 0 Å². The zero-order valence-electron chi connectivity index (χ0n) is 16.7. The zero-order valence-corrected chi connectivity index (χ0v) is 18.4. The number of hydrogen-bond donors (Lipinski definition) is 4. The van der Waals surface area contributed by atoms with Crippen molar-refractivity contribution in [2.45, 2.75) is 42.0 Å². The molecule has 0 bridgehead atoms. The second-order valence-electron chi connectivity index (χ2n) is 6.94. The minimum absolute atomic E-state index is 0.217. The maximum absolute atomic E-state index is 9.55. The van der Waals surface area contributed by atoms with Gasteiger partial charge in [-0.2, -0.15) is 23.5 Å². The molecule has 0 aliphatic carbocycles. The van der Waals surface area contributed by atoms with E-state index in [2.05, 4.69) is 42.4 Å². The molecule has 3 atom stereocenters. The fourth-order valence-electron chi connectivity index (χ4n) is 3.42. The van der Waals surface area contributed by atoms with Crippen molar-refractivity contribution in [3.05, 3.63) is 12.2 Å². The van der Waals surface area contributed by atoms with Crippen molar-refractivity contribution in [2.75, 3.05) is 31.6 Å². The Balaban J connectivity index is 0.000000272. The fraction of sp³-hybridized carbons (Fsp3) is 0.667. The SMILES string of the molecule is CC1OC2(CCN(C)CC2)C2SCCSC12.O=C(O)/C=C\C(=O)O.O=C(O)C(=O)O. The van der Waals surface area contributed by atoms with E-state index in [1.165, 1.54) is 37.4 Å². The van der Waals surface area contributed by atoms with Crippen LogP contribution in [0.25, 0.3) is 0 Å². The lowest BCUT2D eigenvalue weighted by Gasteiger charge is -2.42. The van der Waals surface area contributed by atoms with Gasteiger partial charge in [-0.25, -0.2) is 19.2 Å². The number of carboxylic acids is 4. The first kappa shape index (κ1) is 26.3. The number of fused-ring (bicyclic) bond motifs is 2. The number of aliphatic carboxylic acids is 4. The first-order chi connectivity index (χ1) is 14.0. The van der Waals surface area contributed by atoms with Crippen LogP contribution in [0.2, 0.25) is 0 Å². The van der Waals surface area contributed by atoms with E-state index in [4.69, 9.17) is 34.8 Å². The molecule has 0 radical (unpaired) electrons. The fourth-order valence-corrected chi connectivity index (χ4v) is 6.94. The summed E-state index contributed by atoms with van der Waals surface area (Å²) in [6.07, 6.45) is 4.06. The largest absolute Gasteiger partial charge is 0.478 e. The summed E-state index contributed by atoms with van der Waals surface area (Å²) < 4.78 is 6.42. The molecule has 3 aliphatic rings. The Morgan fingerprint density at radius 3 is 1.83 bits per heavy atom. The molecule has 3 fully saturated rings. The van der Waals surface area contributed by atoms with Crippen LogP contribution in [0.5, 0.6) is 0 Å². The Kier molecular flexibility index (Phi) is 10.7. The Morgan fingerprint density at radius 1 is 0.933 bits per heavy atom. The van der Waals surface area contributed by atoms with Crippen molar-refractivity contribution >= 4 is 47.4 Å². The van der Waals surface area contributed by atoms with Crippen molar-refractivity contribution in [1.29, 1.82) is 0 Å². The summed E-state index contributed by atoms with van der Waals surface area (Å²) in [4.78, 5) is 39.7. The van der Waals surface area contributed by atoms with E-state index in [0.29, 0.717) is 18.3 Å². The Hall–Kier alpha value is -1.76. The third-order valence-electron chi connectivity index (χ3n) is 4.78. The third-order valence-corrected chi connectivity index (χ3v) is 8.21. The molecule has 170 valence electrons. The van der Waals surface area contributed by atoms with E-state index in [9.17, 15) is 9.59 Å². The lowest BCUT2D eigenvalue weighted by molar-refractivity contribution is -0.159. The summed E-state index contributed by atoms with van der Waals surface area (Å²) in [5, 5.41) is 31.9. The quantitative estimate of drug-likeness (QED) is 0.338. The minimum Gasteiger partial charge on any atom is -0.478 e. The second-order valence-corrected chi connectivity index (χ2v) is 9.47. The highest BCUT2D eigenvalue weighted by molar-refractivity contribution is 8.07. The van der Waals surface area contributed by atoms with E-state index in [0.717, 1.165) is 10.5 Å². The van der Waals surface area contributed by atoms with Gasteiger partial charge in [0.15, 0.2) is 0 Å². The molecular formula is C18H27NO9S2. The van der Waals surface area contributed by atoms with Gasteiger partial charge in [-0.05, 0) is 26.8 Å². The highest BCUT2D eigenvalue weighted by atomic mass is 32.2. The van der Waals surface area contributed by atoms with Gasteiger partial charge in [-0.15, -0.1) is 0 Å². The average molecular weight is 466 g/mol. The number of rotatable bonds is 2. The Morgan fingerprint density at radius 2 is 1.40 bits per heavy atom. The van der Waals surface area contributed by atoms with Crippen LogP contribution in [0.15, 0.2) is 12.2 Å². The topological polar surface area (TPSA) is 162 Å². The van der Waals surface area contributed by atoms with Crippen LogP contribution in [-0.4, -0.2) is 103 Å². The number of nitrogens with zero attached hydrogens (tertiary/aromatic N) is 1. The van der Waals surface area contributed by atoms with Crippen LogP contribution in [0.4, 0.5) is 0 Å². The highest BCUT2D eigenvalue weighted by Gasteiger charge is 2.55. The predicted molar refractivity (Wildman–Crippen MR) is 112 cm³/mol. The van der Waals surface area contributed by atoms with Crippen LogP contribution in [0.1, 0.15) is 19.8 Å². The van der Waals surface area contributed by atoms with E-state index in [1.54, 1.807) is 0 Å². The molecule has 4 N–H and O–H groups in total. The number of likely N-dealkylation sites (tertiary alicyclic amines) is 1. The average Bonchev–Trinajstić information content (AvgIpc) is 2.96. The summed E-state index contributed by atoms with van der Waals surface area (Å²) in [6, 6.07) is 0. The van der Waals surface area contributed by atoms with E-state index in [1.807, 2.05) is 0 Å². The first-order valence-electron chi connectivity index (χ1n) is 9.18. The number of carboxylic acid groups (broad SMARTS) is 4. The third kappa shape index (κ3) is 8.17. The maximum atomic E-state index is 9.55. The standard InChI is InChI=1S/C12H21NOS2.C4H4O4.C2H2O4/c1-9-10-11(16-8-7-15-10)12(14-9)3-5-13(2)6-4-12;5-3(6)1-2-4(7)8;3-1(4)2(5)6/h9-11H,3-8H2,1-2H3;1-2H,(H,5,6)(H,7,8);(H,3,4)(H,5,6)/b;2-1-;. The molecule has 3 rings (SSSR count). The smallest absolute Gasteiger partial charge is 0.414 e. The highest BCUT2D eigenvalue weighted by Crippen LogP contribution is 2.51. The molecule has 3 aliphatic heterocycles. The minimum atomic E-state index is -1.82. The molecule has 30 heavy (non-hydrogen) atoms. The molecule has 0 saturated carbocycles. The molecule has 10 nitrogen and oxygen atoms in total. The summed E-state index contributed by atoms with van der Waals surface area (Å²) in [6.45, 7) is 4.70. The molecule has 12 heteroatoms. The lowest BCUT2D eigenvalue weighted by atomic mass is 9.88. The molecule has 3 unspecified atom stereocenters. The van der Waals surface area contributed by atoms with Crippen LogP contribution in [0, 0.1) is 0 Å². The summed E-state index contributed by atoms with van der Waals surface area (Å²) >= 11 is 4.33. The number of piperidine rings is 1. The van der Waals surface area contributed by atoms with Gasteiger partial charge in [-0.1, -0.05) is 0 Å². The van der Waals surface area contributed by atoms with Crippen molar-refractivity contribution in [2.24, 2.45) is 0 Å². The Bertz CT molecular complexity index is 634. The number of ether oxygens (including phenoxy) is 1. The predicted octanol–water partition coefficient (Wildman–Crippen LogP) is 0.954. The van der Waals surface area contributed by atoms with Gasteiger partial charge >= 0.3 is 23.9 Å². The molecule has 0 aromatic carbocycles. The van der Waals surface area contributed by atoms with Crippen molar-refractivity contribution in [1.82, 2.24) is 4.90 Å². The molecule has 3 saturated heterocycles. The monoisotopic (exact) mass is 465 g/mol. The van der Waals surface area contributed by atoms with Crippen LogP contribution in [0.3, 0.4) is 0 Å². The van der Waals surface area contributed by atoms with Crippen molar-refractivity contribution < 1.29 is 44.3 Å². The van der Waals surface area contributed by atoms with Crippen molar-refractivity contribution in [3.63, 3.8) is 0 Å². The lowest BCUT2D eigenvalue weighted by Crippen LogP contribution is -2.49. The van der Waals surface area contributed by atoms with Gasteiger partial charge in [0, 0.05) is 47.2 Å². The molecule has 3 heterocycles. The normalized spacial score (nSPS) is 27.2. The molecule has 0 amide bonds. The maximum Gasteiger partial charge on any atom is 0.414 e. The van der Waals surface area contributed by atoms with Gasteiger partial charge < -0.3 is 30.1 Å². The summed E-state index contributed by atoms with van der Waals surface area (Å²) in [5.74, 6) is -3.53. The summed E-state index contributed by atoms with van der Waals surface area (Å²) in [7, 11) is 2.23. The Labute approximate surface area is 182 Å². The van der Waals surface area contributed by atoms with E-state index < -0.39 is 23.9 Å². The second kappa shape index (κ2) is 12.2. The van der Waals surface area contributed by atoms with Crippen LogP contribution >= 0.6 is 23.5 Å². The van der Waals surface area contributed by atoms with Gasteiger partial charge in [0.1, 0.15) is 0 Å².